The van der Waals surface area contributed by atoms with Gasteiger partial charge in [-0.15, -0.1) is 0 Å². The molecule has 1 amide bonds. The highest BCUT2D eigenvalue weighted by atomic mass is 16.5. The van der Waals surface area contributed by atoms with Crippen LogP contribution in [-0.4, -0.2) is 62.3 Å². The number of hydrogen-bond donors (Lipinski definition) is 2. The van der Waals surface area contributed by atoms with Crippen molar-refractivity contribution in [2.45, 2.75) is 31.4 Å². The summed E-state index contributed by atoms with van der Waals surface area (Å²) in [4.78, 5) is 14.3. The van der Waals surface area contributed by atoms with Gasteiger partial charge in [0.25, 0.3) is 0 Å². The van der Waals surface area contributed by atoms with Crippen LogP contribution < -0.4 is 10.6 Å². The van der Waals surface area contributed by atoms with Crippen LogP contribution in [0.2, 0.25) is 0 Å². The number of nitrogens with zero attached hydrogens (tertiary/aromatic N) is 1. The Morgan fingerprint density at radius 2 is 2.29 bits per heavy atom. The number of piperidine rings is 1. The molecule has 2 atom stereocenters. The average Bonchev–Trinajstić information content (AvgIpc) is 2.39. The molecule has 0 spiro atoms. The van der Waals surface area contributed by atoms with E-state index in [1.807, 2.05) is 4.90 Å². The lowest BCUT2D eigenvalue weighted by Crippen LogP contribution is -2.59. The zero-order valence-corrected chi connectivity index (χ0v) is 10.8. The van der Waals surface area contributed by atoms with Crippen molar-refractivity contribution in [3.63, 3.8) is 0 Å². The van der Waals surface area contributed by atoms with Crippen LogP contribution >= 0.6 is 0 Å². The Morgan fingerprint density at radius 3 is 2.94 bits per heavy atom. The molecule has 5 heteroatoms. The summed E-state index contributed by atoms with van der Waals surface area (Å²) >= 11 is 0. The van der Waals surface area contributed by atoms with E-state index in [1.54, 1.807) is 7.11 Å². The zero-order chi connectivity index (χ0) is 12.3. The topological polar surface area (TPSA) is 53.6 Å². The third kappa shape index (κ3) is 2.97. The van der Waals surface area contributed by atoms with E-state index in [1.165, 1.54) is 0 Å². The third-order valence-electron chi connectivity index (χ3n) is 3.80. The minimum Gasteiger partial charge on any atom is -0.377 e. The van der Waals surface area contributed by atoms with Crippen LogP contribution in [0.3, 0.4) is 0 Å². The molecular weight excluding hydrogens is 218 g/mol. The number of methoxy groups -OCH3 is 1. The maximum atomic E-state index is 12.3. The molecular formula is C12H23N3O2. The first-order chi connectivity index (χ1) is 8.14. The van der Waals surface area contributed by atoms with E-state index in [2.05, 4.69) is 17.6 Å². The van der Waals surface area contributed by atoms with Gasteiger partial charge in [-0.2, -0.15) is 0 Å². The minimum atomic E-state index is -0.171. The molecule has 98 valence electrons. The Kier molecular flexibility index (Phi) is 4.01. The van der Waals surface area contributed by atoms with Gasteiger partial charge in [0, 0.05) is 39.8 Å². The summed E-state index contributed by atoms with van der Waals surface area (Å²) in [5, 5.41) is 6.52. The molecule has 2 saturated heterocycles. The van der Waals surface area contributed by atoms with E-state index in [0.29, 0.717) is 6.54 Å². The second kappa shape index (κ2) is 5.33. The van der Waals surface area contributed by atoms with Crippen molar-refractivity contribution in [1.82, 2.24) is 15.5 Å². The Labute approximate surface area is 103 Å². The number of ether oxygens (including phenoxy) is 1. The van der Waals surface area contributed by atoms with E-state index >= 15 is 0 Å². The Morgan fingerprint density at radius 1 is 1.47 bits per heavy atom. The highest BCUT2D eigenvalue weighted by molar-refractivity contribution is 5.82. The van der Waals surface area contributed by atoms with E-state index in [-0.39, 0.29) is 17.6 Å². The van der Waals surface area contributed by atoms with Crippen LogP contribution in [0.1, 0.15) is 19.8 Å². The van der Waals surface area contributed by atoms with Gasteiger partial charge in [-0.3, -0.25) is 4.79 Å². The second-order valence-electron chi connectivity index (χ2n) is 5.23. The monoisotopic (exact) mass is 241 g/mol. The fourth-order valence-corrected chi connectivity index (χ4v) is 2.61. The van der Waals surface area contributed by atoms with Crippen molar-refractivity contribution < 1.29 is 9.53 Å². The molecule has 2 unspecified atom stereocenters. The van der Waals surface area contributed by atoms with Gasteiger partial charge in [0.15, 0.2) is 0 Å². The molecule has 2 heterocycles. The molecule has 0 bridgehead atoms. The summed E-state index contributed by atoms with van der Waals surface area (Å²) in [5.41, 5.74) is -0.171. The number of carbonyl (C=O) groups is 1. The van der Waals surface area contributed by atoms with E-state index < -0.39 is 0 Å². The molecule has 5 nitrogen and oxygen atoms in total. The Balaban J connectivity index is 1.94. The number of nitrogens with one attached hydrogen (secondary N) is 2. The van der Waals surface area contributed by atoms with Gasteiger partial charge in [-0.25, -0.2) is 0 Å². The molecule has 2 N–H and O–H groups in total. The summed E-state index contributed by atoms with van der Waals surface area (Å²) in [5.74, 6) is 0.208. The summed E-state index contributed by atoms with van der Waals surface area (Å²) in [7, 11) is 1.73. The van der Waals surface area contributed by atoms with Gasteiger partial charge in [-0.1, -0.05) is 0 Å². The molecule has 0 saturated carbocycles. The lowest BCUT2D eigenvalue weighted by atomic mass is 9.94. The number of amides is 1. The molecule has 17 heavy (non-hydrogen) atoms. The number of hydrogen-bond acceptors (Lipinski definition) is 4. The predicted octanol–water partition coefficient (Wildman–Crippen LogP) is -0.425. The summed E-state index contributed by atoms with van der Waals surface area (Å²) in [6.45, 7) is 6.19. The highest BCUT2D eigenvalue weighted by Crippen LogP contribution is 2.24. The molecule has 0 aromatic rings. The molecule has 2 aliphatic heterocycles. The van der Waals surface area contributed by atoms with Crippen LogP contribution in [0.25, 0.3) is 0 Å². The summed E-state index contributed by atoms with van der Waals surface area (Å²) < 4.78 is 5.52. The van der Waals surface area contributed by atoms with Crippen molar-refractivity contribution in [3.8, 4) is 0 Å². The Bertz CT molecular complexity index is 279. The van der Waals surface area contributed by atoms with Crippen LogP contribution in [0.5, 0.6) is 0 Å². The number of carbonyl (C=O) groups excluding carboxylic acids is 1. The van der Waals surface area contributed by atoms with Crippen molar-refractivity contribution in [1.29, 1.82) is 0 Å². The molecule has 0 aromatic carbocycles. The van der Waals surface area contributed by atoms with Crippen LogP contribution in [-0.2, 0) is 9.53 Å². The van der Waals surface area contributed by atoms with E-state index in [0.717, 1.165) is 39.0 Å². The molecule has 2 rings (SSSR count). The largest absolute Gasteiger partial charge is 0.377 e. The molecule has 0 aromatic heterocycles. The molecule has 2 fully saturated rings. The minimum absolute atomic E-state index is 0.0667. The second-order valence-corrected chi connectivity index (χ2v) is 5.23. The lowest BCUT2D eigenvalue weighted by molar-refractivity contribution is -0.141. The molecule has 2 aliphatic rings. The van der Waals surface area contributed by atoms with Gasteiger partial charge in [0.05, 0.1) is 11.6 Å². The fourth-order valence-electron chi connectivity index (χ4n) is 2.61. The van der Waals surface area contributed by atoms with Crippen LogP contribution in [0.15, 0.2) is 0 Å². The quantitative estimate of drug-likeness (QED) is 0.689. The van der Waals surface area contributed by atoms with E-state index in [4.69, 9.17) is 4.74 Å². The fraction of sp³-hybridized carbons (Fsp3) is 0.917. The lowest BCUT2D eigenvalue weighted by Gasteiger charge is -2.41. The number of rotatable bonds is 2. The maximum Gasteiger partial charge on any atom is 0.241 e. The summed E-state index contributed by atoms with van der Waals surface area (Å²) in [6.07, 6.45) is 2.06. The number of piperazine rings is 1. The van der Waals surface area contributed by atoms with E-state index in [9.17, 15) is 4.79 Å². The summed E-state index contributed by atoms with van der Waals surface area (Å²) in [6, 6.07) is -0.0667. The van der Waals surface area contributed by atoms with Gasteiger partial charge in [0.2, 0.25) is 5.91 Å². The SMILES string of the molecule is COC1(C)CCCN(C(=O)C2CNCCN2)C1. The smallest absolute Gasteiger partial charge is 0.241 e. The van der Waals surface area contributed by atoms with Crippen LogP contribution in [0, 0.1) is 0 Å². The highest BCUT2D eigenvalue weighted by Gasteiger charge is 2.35. The van der Waals surface area contributed by atoms with Crippen molar-refractivity contribution in [3.05, 3.63) is 0 Å². The molecule has 0 aliphatic carbocycles. The first kappa shape index (κ1) is 12.8. The van der Waals surface area contributed by atoms with Crippen molar-refractivity contribution >= 4 is 5.91 Å². The standard InChI is InChI=1S/C12H23N3O2/c1-12(17-2)4-3-7-15(9-12)11(16)10-8-13-5-6-14-10/h10,13-14H,3-9H2,1-2H3. The van der Waals surface area contributed by atoms with Gasteiger partial charge >= 0.3 is 0 Å². The van der Waals surface area contributed by atoms with Crippen molar-refractivity contribution in [2.75, 3.05) is 39.8 Å². The first-order valence-electron chi connectivity index (χ1n) is 6.43. The van der Waals surface area contributed by atoms with Crippen molar-refractivity contribution in [2.24, 2.45) is 0 Å². The predicted molar refractivity (Wildman–Crippen MR) is 65.9 cm³/mol. The molecule has 0 radical (unpaired) electrons. The van der Waals surface area contributed by atoms with Gasteiger partial charge in [-0.05, 0) is 19.8 Å². The first-order valence-corrected chi connectivity index (χ1v) is 6.43. The van der Waals surface area contributed by atoms with Gasteiger partial charge in [0.1, 0.15) is 0 Å². The average molecular weight is 241 g/mol. The Hall–Kier alpha value is -0.650. The normalized spacial score (nSPS) is 34.7. The zero-order valence-electron chi connectivity index (χ0n) is 10.8. The number of likely N-dealkylation sites (tertiary alicyclic amines) is 1. The third-order valence-corrected chi connectivity index (χ3v) is 3.80. The van der Waals surface area contributed by atoms with Gasteiger partial charge < -0.3 is 20.3 Å². The van der Waals surface area contributed by atoms with Crippen LogP contribution in [0.4, 0.5) is 0 Å². The maximum absolute atomic E-state index is 12.3.